The third kappa shape index (κ3) is 2.25. The van der Waals surface area contributed by atoms with Crippen LogP contribution in [0.1, 0.15) is 26.3 Å². The number of aromatic nitrogens is 2. The van der Waals surface area contributed by atoms with E-state index in [9.17, 15) is 5.11 Å². The fourth-order valence-electron chi connectivity index (χ4n) is 1.69. The van der Waals surface area contributed by atoms with Crippen LogP contribution >= 0.6 is 0 Å². The molecule has 0 saturated carbocycles. The first kappa shape index (κ1) is 11.5. The zero-order valence-electron chi connectivity index (χ0n) is 10.3. The van der Waals surface area contributed by atoms with Gasteiger partial charge in [0.05, 0.1) is 5.69 Å². The van der Waals surface area contributed by atoms with Crippen LogP contribution in [0.4, 0.5) is 5.82 Å². The van der Waals surface area contributed by atoms with Crippen molar-refractivity contribution < 1.29 is 5.11 Å². The maximum atomic E-state index is 9.87. The van der Waals surface area contributed by atoms with Crippen LogP contribution < -0.4 is 5.73 Å². The molecule has 0 amide bonds. The second-order valence-electron chi connectivity index (χ2n) is 5.19. The van der Waals surface area contributed by atoms with Gasteiger partial charge in [-0.25, -0.2) is 0 Å². The predicted molar refractivity (Wildman–Crippen MR) is 68.8 cm³/mol. The van der Waals surface area contributed by atoms with Crippen molar-refractivity contribution in [2.45, 2.75) is 26.2 Å². The van der Waals surface area contributed by atoms with E-state index in [0.717, 1.165) is 16.8 Å². The Kier molecular flexibility index (Phi) is 2.58. The average Bonchev–Trinajstić information content (AvgIpc) is 2.63. The van der Waals surface area contributed by atoms with Gasteiger partial charge in [-0.05, 0) is 23.1 Å². The van der Waals surface area contributed by atoms with Gasteiger partial charge < -0.3 is 10.8 Å². The van der Waals surface area contributed by atoms with E-state index in [1.165, 1.54) is 0 Å². The maximum Gasteiger partial charge on any atom is 0.145 e. The molecule has 0 bridgehead atoms. The highest BCUT2D eigenvalue weighted by Crippen LogP contribution is 2.33. The normalized spacial score (nSPS) is 11.7. The molecular weight excluding hydrogens is 214 g/mol. The molecule has 0 radical (unpaired) electrons. The van der Waals surface area contributed by atoms with Crippen molar-refractivity contribution in [3.63, 3.8) is 0 Å². The van der Waals surface area contributed by atoms with Crippen LogP contribution in [0.2, 0.25) is 0 Å². The van der Waals surface area contributed by atoms with Crippen molar-refractivity contribution in [2.75, 3.05) is 5.73 Å². The van der Waals surface area contributed by atoms with E-state index < -0.39 is 0 Å². The highest BCUT2D eigenvalue weighted by Gasteiger charge is 2.16. The number of hydrogen-bond acceptors (Lipinski definition) is 3. The number of aromatic hydroxyl groups is 1. The number of rotatable bonds is 1. The quantitative estimate of drug-likeness (QED) is 0.706. The molecule has 0 unspecified atom stereocenters. The molecule has 4 heteroatoms. The van der Waals surface area contributed by atoms with Gasteiger partial charge in [-0.1, -0.05) is 26.8 Å². The smallest absolute Gasteiger partial charge is 0.145 e. The Labute approximate surface area is 100 Å². The minimum atomic E-state index is 0.0357. The molecule has 0 spiro atoms. The molecule has 2 aromatic rings. The lowest BCUT2D eigenvalue weighted by molar-refractivity contribution is 0.476. The number of benzene rings is 1. The summed E-state index contributed by atoms with van der Waals surface area (Å²) in [5.74, 6) is 0.641. The van der Waals surface area contributed by atoms with Gasteiger partial charge in [-0.2, -0.15) is 5.10 Å². The minimum absolute atomic E-state index is 0.0357. The van der Waals surface area contributed by atoms with Gasteiger partial charge in [-0.15, -0.1) is 0 Å². The molecule has 0 fully saturated rings. The molecule has 90 valence electrons. The number of nitrogens with zero attached hydrogens (tertiary/aromatic N) is 1. The van der Waals surface area contributed by atoms with E-state index in [1.807, 2.05) is 12.1 Å². The topological polar surface area (TPSA) is 74.9 Å². The lowest BCUT2D eigenvalue weighted by Crippen LogP contribution is -2.10. The lowest BCUT2D eigenvalue weighted by Gasteiger charge is -2.20. The minimum Gasteiger partial charge on any atom is -0.507 e. The number of nitrogen functional groups attached to an aromatic ring is 1. The molecule has 1 aromatic carbocycles. The Morgan fingerprint density at radius 3 is 2.47 bits per heavy atom. The van der Waals surface area contributed by atoms with Crippen molar-refractivity contribution in [2.24, 2.45) is 0 Å². The summed E-state index contributed by atoms with van der Waals surface area (Å²) in [6.45, 7) is 6.39. The van der Waals surface area contributed by atoms with E-state index >= 15 is 0 Å². The van der Waals surface area contributed by atoms with E-state index in [-0.39, 0.29) is 11.2 Å². The molecule has 0 saturated heterocycles. The van der Waals surface area contributed by atoms with Crippen molar-refractivity contribution in [1.82, 2.24) is 10.2 Å². The molecule has 4 nitrogen and oxygen atoms in total. The van der Waals surface area contributed by atoms with Crippen LogP contribution in [-0.2, 0) is 5.41 Å². The summed E-state index contributed by atoms with van der Waals surface area (Å²) in [7, 11) is 0. The molecule has 0 aliphatic heterocycles. The summed E-state index contributed by atoms with van der Waals surface area (Å²) in [6, 6.07) is 7.30. The molecular formula is C13H17N3O. The molecule has 0 aliphatic carbocycles. The Bertz CT molecular complexity index is 538. The standard InChI is InChI=1S/C13H17N3O/c1-13(2,3)8-4-5-11(17)9(6-8)10-7-12(14)16-15-10/h4-7,17H,1-3H3,(H3,14,15,16). The lowest BCUT2D eigenvalue weighted by atomic mass is 9.86. The number of phenols is 1. The van der Waals surface area contributed by atoms with E-state index in [0.29, 0.717) is 5.82 Å². The molecule has 0 atom stereocenters. The summed E-state index contributed by atoms with van der Waals surface area (Å²) in [6.07, 6.45) is 0. The van der Waals surface area contributed by atoms with Crippen LogP contribution in [0.5, 0.6) is 5.75 Å². The second kappa shape index (κ2) is 3.80. The van der Waals surface area contributed by atoms with E-state index in [2.05, 4.69) is 31.0 Å². The van der Waals surface area contributed by atoms with Gasteiger partial charge in [-0.3, -0.25) is 5.10 Å². The maximum absolute atomic E-state index is 9.87. The summed E-state index contributed by atoms with van der Waals surface area (Å²) in [4.78, 5) is 0. The number of aromatic amines is 1. The summed E-state index contributed by atoms with van der Waals surface area (Å²) < 4.78 is 0. The summed E-state index contributed by atoms with van der Waals surface area (Å²) in [5.41, 5.74) is 8.20. The fraction of sp³-hybridized carbons (Fsp3) is 0.308. The van der Waals surface area contributed by atoms with Gasteiger partial charge >= 0.3 is 0 Å². The zero-order chi connectivity index (χ0) is 12.6. The van der Waals surface area contributed by atoms with Crippen LogP contribution in [0, 0.1) is 0 Å². The van der Waals surface area contributed by atoms with E-state index in [4.69, 9.17) is 5.73 Å². The SMILES string of the molecule is CC(C)(C)c1ccc(O)c(-c2cc(N)n[nH]2)c1. The molecule has 1 aromatic heterocycles. The van der Waals surface area contributed by atoms with Gasteiger partial charge in [0.15, 0.2) is 0 Å². The van der Waals surface area contributed by atoms with Gasteiger partial charge in [0.25, 0.3) is 0 Å². The zero-order valence-corrected chi connectivity index (χ0v) is 10.3. The first-order valence-electron chi connectivity index (χ1n) is 5.52. The molecule has 17 heavy (non-hydrogen) atoms. The first-order valence-corrected chi connectivity index (χ1v) is 5.52. The van der Waals surface area contributed by atoms with Crippen molar-refractivity contribution >= 4 is 5.82 Å². The first-order chi connectivity index (χ1) is 7.88. The number of nitrogens with one attached hydrogen (secondary N) is 1. The fourth-order valence-corrected chi connectivity index (χ4v) is 1.69. The van der Waals surface area contributed by atoms with Gasteiger partial charge in [0.2, 0.25) is 0 Å². The second-order valence-corrected chi connectivity index (χ2v) is 5.19. The Morgan fingerprint density at radius 2 is 1.94 bits per heavy atom. The van der Waals surface area contributed by atoms with Crippen LogP contribution in [0.15, 0.2) is 24.3 Å². The van der Waals surface area contributed by atoms with Crippen molar-refractivity contribution in [1.29, 1.82) is 0 Å². The number of phenolic OH excluding ortho intramolecular Hbond substituents is 1. The van der Waals surface area contributed by atoms with Crippen LogP contribution in [0.25, 0.3) is 11.3 Å². The van der Waals surface area contributed by atoms with Gasteiger partial charge in [0.1, 0.15) is 11.6 Å². The van der Waals surface area contributed by atoms with Crippen LogP contribution in [-0.4, -0.2) is 15.3 Å². The van der Waals surface area contributed by atoms with Crippen molar-refractivity contribution in [3.8, 4) is 17.0 Å². The number of hydrogen-bond donors (Lipinski definition) is 3. The van der Waals surface area contributed by atoms with E-state index in [1.54, 1.807) is 12.1 Å². The molecule has 1 heterocycles. The van der Waals surface area contributed by atoms with Crippen molar-refractivity contribution in [3.05, 3.63) is 29.8 Å². The largest absolute Gasteiger partial charge is 0.507 e. The molecule has 0 aliphatic rings. The summed E-state index contributed by atoms with van der Waals surface area (Å²) in [5, 5.41) is 16.5. The molecule has 2 rings (SSSR count). The Hall–Kier alpha value is -1.97. The number of nitrogens with two attached hydrogens (primary N) is 1. The Morgan fingerprint density at radius 1 is 1.24 bits per heavy atom. The highest BCUT2D eigenvalue weighted by atomic mass is 16.3. The summed E-state index contributed by atoms with van der Waals surface area (Å²) >= 11 is 0. The highest BCUT2D eigenvalue weighted by molar-refractivity contribution is 5.69. The third-order valence-corrected chi connectivity index (χ3v) is 2.75. The molecule has 4 N–H and O–H groups in total. The number of H-pyrrole nitrogens is 1. The third-order valence-electron chi connectivity index (χ3n) is 2.75. The van der Waals surface area contributed by atoms with Gasteiger partial charge in [0, 0.05) is 11.6 Å². The monoisotopic (exact) mass is 231 g/mol. The van der Waals surface area contributed by atoms with Crippen LogP contribution in [0.3, 0.4) is 0 Å². The average molecular weight is 231 g/mol. The Balaban J connectivity index is 2.54. The number of anilines is 1. The predicted octanol–water partition coefficient (Wildman–Crippen LogP) is 2.66.